The summed E-state index contributed by atoms with van der Waals surface area (Å²) in [7, 11) is 0. The van der Waals surface area contributed by atoms with Crippen LogP contribution in [0.5, 0.6) is 0 Å². The average molecular weight is 448 g/mol. The fourth-order valence-corrected chi connectivity index (χ4v) is 5.81. The number of nitrogens with one attached hydrogen (secondary N) is 1. The molecule has 3 heterocycles. The molecule has 2 aromatic heterocycles. The van der Waals surface area contributed by atoms with Crippen LogP contribution in [0.4, 0.5) is 5.69 Å². The van der Waals surface area contributed by atoms with Crippen LogP contribution in [0, 0.1) is 25.7 Å². The summed E-state index contributed by atoms with van der Waals surface area (Å²) < 4.78 is 7.52. The molecule has 4 atom stereocenters. The van der Waals surface area contributed by atoms with Gasteiger partial charge in [-0.05, 0) is 62.3 Å². The van der Waals surface area contributed by atoms with Gasteiger partial charge in [0, 0.05) is 23.9 Å². The molecule has 1 N–H and O–H groups in total. The van der Waals surface area contributed by atoms with Gasteiger partial charge in [0.15, 0.2) is 5.58 Å². The minimum atomic E-state index is -1.08. The highest BCUT2D eigenvalue weighted by molar-refractivity contribution is 6.13. The molecule has 3 aromatic rings. The van der Waals surface area contributed by atoms with Crippen molar-refractivity contribution in [1.82, 2.24) is 9.88 Å². The van der Waals surface area contributed by atoms with Gasteiger partial charge in [-0.1, -0.05) is 32.8 Å². The lowest BCUT2D eigenvalue weighted by atomic mass is 9.77. The van der Waals surface area contributed by atoms with Gasteiger partial charge >= 0.3 is 0 Å². The first kappa shape index (κ1) is 21.8. The van der Waals surface area contributed by atoms with Crippen molar-refractivity contribution in [3.8, 4) is 0 Å². The zero-order valence-electron chi connectivity index (χ0n) is 20.1. The predicted octanol–water partition coefficient (Wildman–Crippen LogP) is 5.21. The van der Waals surface area contributed by atoms with Crippen LogP contribution in [0.3, 0.4) is 0 Å². The van der Waals surface area contributed by atoms with Crippen molar-refractivity contribution >= 4 is 28.6 Å². The Hall–Kier alpha value is -3.02. The number of rotatable bonds is 3. The number of carbonyl (C=O) groups is 2. The number of anilines is 1. The van der Waals surface area contributed by atoms with Crippen LogP contribution < -0.4 is 10.2 Å². The number of aromatic nitrogens is 1. The molecule has 5 rings (SSSR count). The molecule has 1 aliphatic heterocycles. The minimum absolute atomic E-state index is 0.100. The maximum Gasteiger partial charge on any atom is 0.276 e. The van der Waals surface area contributed by atoms with Gasteiger partial charge in [-0.15, -0.1) is 0 Å². The Morgan fingerprint density at radius 3 is 2.58 bits per heavy atom. The molecule has 1 saturated carbocycles. The van der Waals surface area contributed by atoms with Gasteiger partial charge in [-0.3, -0.25) is 14.5 Å². The summed E-state index contributed by atoms with van der Waals surface area (Å²) >= 11 is 0. The monoisotopic (exact) mass is 447 g/mol. The third-order valence-corrected chi connectivity index (χ3v) is 7.88. The van der Waals surface area contributed by atoms with E-state index >= 15 is 0 Å². The van der Waals surface area contributed by atoms with Crippen molar-refractivity contribution in [2.75, 3.05) is 4.90 Å². The SMILES string of the molecule is Cc1cc(C)cc(N2C(=O)c3cc4occc4n3CC2(C)C(=O)NC2CCCC(C)C2C)c1. The first-order valence-corrected chi connectivity index (χ1v) is 12.0. The predicted molar refractivity (Wildman–Crippen MR) is 129 cm³/mol. The van der Waals surface area contributed by atoms with Crippen LogP contribution in [-0.4, -0.2) is 28.0 Å². The number of benzene rings is 1. The topological polar surface area (TPSA) is 67.5 Å². The summed E-state index contributed by atoms with van der Waals surface area (Å²) in [6.07, 6.45) is 4.92. The number of carbonyl (C=O) groups excluding carboxylic acids is 2. The number of furan rings is 1. The van der Waals surface area contributed by atoms with Gasteiger partial charge in [0.2, 0.25) is 5.91 Å². The molecule has 6 heteroatoms. The lowest BCUT2D eigenvalue weighted by molar-refractivity contribution is -0.128. The highest BCUT2D eigenvalue weighted by Crippen LogP contribution is 2.38. The molecule has 0 saturated heterocycles. The molecular formula is C27H33N3O3. The van der Waals surface area contributed by atoms with Crippen LogP contribution >= 0.6 is 0 Å². The Labute approximate surface area is 194 Å². The summed E-state index contributed by atoms with van der Waals surface area (Å²) in [4.78, 5) is 29.6. The van der Waals surface area contributed by atoms with E-state index in [0.717, 1.165) is 35.2 Å². The van der Waals surface area contributed by atoms with E-state index in [0.29, 0.717) is 29.7 Å². The Morgan fingerprint density at radius 1 is 1.12 bits per heavy atom. The van der Waals surface area contributed by atoms with Crippen LogP contribution in [-0.2, 0) is 11.3 Å². The van der Waals surface area contributed by atoms with E-state index in [-0.39, 0.29) is 17.9 Å². The second-order valence-electron chi connectivity index (χ2n) is 10.4. The largest absolute Gasteiger partial charge is 0.463 e. The van der Waals surface area contributed by atoms with Crippen molar-refractivity contribution in [1.29, 1.82) is 0 Å². The maximum absolute atomic E-state index is 14.0. The molecule has 174 valence electrons. The van der Waals surface area contributed by atoms with Crippen LogP contribution in [0.2, 0.25) is 0 Å². The second kappa shape index (κ2) is 7.79. The summed E-state index contributed by atoms with van der Waals surface area (Å²) in [5.74, 6) is 0.697. The van der Waals surface area contributed by atoms with Gasteiger partial charge in [-0.2, -0.15) is 0 Å². The lowest BCUT2D eigenvalue weighted by Gasteiger charge is -2.45. The average Bonchev–Trinajstić information content (AvgIpc) is 3.33. The van der Waals surface area contributed by atoms with E-state index < -0.39 is 5.54 Å². The molecule has 4 unspecified atom stereocenters. The molecule has 2 aliphatic rings. The summed E-state index contributed by atoms with van der Waals surface area (Å²) in [6.45, 7) is 10.8. The smallest absolute Gasteiger partial charge is 0.276 e. The number of aryl methyl sites for hydroxylation is 2. The molecule has 1 aromatic carbocycles. The van der Waals surface area contributed by atoms with Crippen molar-refractivity contribution in [2.45, 2.75) is 72.0 Å². The molecule has 1 aliphatic carbocycles. The number of nitrogens with zero attached hydrogens (tertiary/aromatic N) is 2. The molecular weight excluding hydrogens is 414 g/mol. The highest BCUT2D eigenvalue weighted by Gasteiger charge is 2.49. The third kappa shape index (κ3) is 3.47. The third-order valence-electron chi connectivity index (χ3n) is 7.88. The number of fused-ring (bicyclic) bond motifs is 3. The normalized spacial score (nSPS) is 27.6. The Bertz CT molecular complexity index is 1220. The fourth-order valence-electron chi connectivity index (χ4n) is 5.81. The molecule has 1 fully saturated rings. The lowest BCUT2D eigenvalue weighted by Crippen LogP contribution is -2.66. The maximum atomic E-state index is 14.0. The zero-order valence-corrected chi connectivity index (χ0v) is 20.1. The van der Waals surface area contributed by atoms with E-state index in [1.807, 2.05) is 43.5 Å². The molecule has 0 radical (unpaired) electrons. The fraction of sp³-hybridized carbons (Fsp3) is 0.481. The van der Waals surface area contributed by atoms with Gasteiger partial charge in [0.25, 0.3) is 5.91 Å². The van der Waals surface area contributed by atoms with Crippen molar-refractivity contribution in [2.24, 2.45) is 11.8 Å². The van der Waals surface area contributed by atoms with Crippen molar-refractivity contribution in [3.63, 3.8) is 0 Å². The van der Waals surface area contributed by atoms with Crippen LogP contribution in [0.25, 0.3) is 11.1 Å². The van der Waals surface area contributed by atoms with Gasteiger partial charge in [0.05, 0.1) is 18.3 Å². The van der Waals surface area contributed by atoms with Crippen LogP contribution in [0.1, 0.15) is 61.6 Å². The molecule has 0 bridgehead atoms. The van der Waals surface area contributed by atoms with Crippen molar-refractivity contribution < 1.29 is 14.0 Å². The van der Waals surface area contributed by atoms with E-state index in [1.54, 1.807) is 17.2 Å². The van der Waals surface area contributed by atoms with E-state index in [9.17, 15) is 9.59 Å². The van der Waals surface area contributed by atoms with Gasteiger partial charge < -0.3 is 14.3 Å². The standard InChI is InChI=1S/C27H33N3O3/c1-16-11-17(2)13-20(12-16)30-25(31)23-14-24-22(9-10-33-24)29(23)15-27(30,5)26(32)28-21-8-6-7-18(3)19(21)4/h9-14,18-19,21H,6-8,15H2,1-5H3,(H,28,32). The molecule has 33 heavy (non-hydrogen) atoms. The van der Waals surface area contributed by atoms with Gasteiger partial charge in [-0.25, -0.2) is 0 Å². The highest BCUT2D eigenvalue weighted by atomic mass is 16.3. The van der Waals surface area contributed by atoms with E-state index in [1.165, 1.54) is 6.42 Å². The second-order valence-corrected chi connectivity index (χ2v) is 10.4. The minimum Gasteiger partial charge on any atom is -0.463 e. The Kier molecular flexibility index (Phi) is 5.15. The number of hydrogen-bond donors (Lipinski definition) is 1. The van der Waals surface area contributed by atoms with Crippen LogP contribution in [0.15, 0.2) is 41.0 Å². The number of amides is 2. The molecule has 2 amide bonds. The Morgan fingerprint density at radius 2 is 1.85 bits per heavy atom. The molecule has 6 nitrogen and oxygen atoms in total. The van der Waals surface area contributed by atoms with Gasteiger partial charge in [0.1, 0.15) is 11.2 Å². The van der Waals surface area contributed by atoms with Crippen molar-refractivity contribution in [3.05, 3.63) is 53.4 Å². The quantitative estimate of drug-likeness (QED) is 0.599. The Balaban J connectivity index is 1.60. The van der Waals surface area contributed by atoms with E-state index in [4.69, 9.17) is 4.42 Å². The zero-order chi connectivity index (χ0) is 23.5. The first-order chi connectivity index (χ1) is 15.7. The summed E-state index contributed by atoms with van der Waals surface area (Å²) in [5, 5.41) is 3.35. The summed E-state index contributed by atoms with van der Waals surface area (Å²) in [5.41, 5.74) is 3.86. The summed E-state index contributed by atoms with van der Waals surface area (Å²) in [6, 6.07) is 9.83. The van der Waals surface area contributed by atoms with E-state index in [2.05, 4.69) is 25.2 Å². The first-order valence-electron chi connectivity index (χ1n) is 12.0. The number of hydrogen-bond acceptors (Lipinski definition) is 3. The molecule has 0 spiro atoms.